The van der Waals surface area contributed by atoms with Crippen LogP contribution in [-0.4, -0.2) is 36.8 Å². The molecule has 0 amide bonds. The molecule has 4 aromatic rings. The van der Waals surface area contributed by atoms with E-state index in [4.69, 9.17) is 4.74 Å². The number of ether oxygens (including phenoxy) is 1. The minimum absolute atomic E-state index is 0.497. The Morgan fingerprint density at radius 2 is 1.93 bits per heavy atom. The van der Waals surface area contributed by atoms with Gasteiger partial charge in [-0.25, -0.2) is 14.6 Å². The van der Waals surface area contributed by atoms with Crippen molar-refractivity contribution in [1.82, 2.24) is 29.7 Å². The Labute approximate surface area is 162 Å². The molecule has 8 nitrogen and oxygen atoms in total. The van der Waals surface area contributed by atoms with Gasteiger partial charge in [0.1, 0.15) is 11.4 Å². The summed E-state index contributed by atoms with van der Waals surface area (Å²) in [6, 6.07) is 9.57. The summed E-state index contributed by atoms with van der Waals surface area (Å²) < 4.78 is 7.18. The van der Waals surface area contributed by atoms with Crippen LogP contribution in [0, 0.1) is 6.92 Å². The largest absolute Gasteiger partial charge is 0.494 e. The highest BCUT2D eigenvalue weighted by molar-refractivity contribution is 5.59. The van der Waals surface area contributed by atoms with Crippen molar-refractivity contribution in [3.63, 3.8) is 0 Å². The third-order valence-corrected chi connectivity index (χ3v) is 4.13. The lowest BCUT2D eigenvalue weighted by atomic mass is 10.2. The van der Waals surface area contributed by atoms with E-state index in [1.54, 1.807) is 36.6 Å². The molecule has 0 unspecified atom stereocenters. The van der Waals surface area contributed by atoms with Gasteiger partial charge in [0.05, 0.1) is 43.1 Å². The number of aromatic nitrogens is 6. The Kier molecular flexibility index (Phi) is 4.92. The zero-order valence-electron chi connectivity index (χ0n) is 15.6. The molecule has 0 aliphatic carbocycles. The molecule has 0 spiro atoms. The fraction of sp³-hybridized carbons (Fsp3) is 0.150. The van der Waals surface area contributed by atoms with E-state index < -0.39 is 0 Å². The number of rotatable bonds is 6. The molecule has 1 aromatic carbocycles. The molecule has 140 valence electrons. The molecule has 28 heavy (non-hydrogen) atoms. The van der Waals surface area contributed by atoms with E-state index in [9.17, 15) is 0 Å². The van der Waals surface area contributed by atoms with E-state index in [0.717, 1.165) is 34.1 Å². The number of hydrogen-bond donors (Lipinski definition) is 1. The second-order valence-corrected chi connectivity index (χ2v) is 6.11. The third kappa shape index (κ3) is 3.80. The number of benzene rings is 1. The van der Waals surface area contributed by atoms with Crippen molar-refractivity contribution < 1.29 is 4.74 Å². The average Bonchev–Trinajstić information content (AvgIpc) is 3.24. The van der Waals surface area contributed by atoms with Crippen LogP contribution in [0.4, 0.5) is 5.95 Å². The number of para-hydroxylation sites is 2. The van der Waals surface area contributed by atoms with Gasteiger partial charge in [0, 0.05) is 24.2 Å². The molecule has 3 heterocycles. The standard InChI is InChI=1S/C20H19N7O/c1-14-9-23-16(11-22-14)12-24-20-21-8-7-17(26-20)15-10-25-27(13-15)18-5-3-4-6-19(18)28-2/h3-11,13H,12H2,1-2H3,(H,21,24,26). The van der Waals surface area contributed by atoms with Gasteiger partial charge in [-0.15, -0.1) is 0 Å². The average molecular weight is 373 g/mol. The van der Waals surface area contributed by atoms with Crippen molar-refractivity contribution in [2.24, 2.45) is 0 Å². The monoisotopic (exact) mass is 373 g/mol. The molecule has 4 rings (SSSR count). The predicted octanol–water partition coefficient (Wildman–Crippen LogP) is 3.05. The molecule has 0 bridgehead atoms. The van der Waals surface area contributed by atoms with Crippen LogP contribution in [-0.2, 0) is 6.54 Å². The number of nitrogens with zero attached hydrogens (tertiary/aromatic N) is 6. The molecule has 1 N–H and O–H groups in total. The van der Waals surface area contributed by atoms with E-state index in [1.807, 2.05) is 43.5 Å². The van der Waals surface area contributed by atoms with Crippen molar-refractivity contribution in [3.05, 3.63) is 72.7 Å². The Morgan fingerprint density at radius 1 is 1.04 bits per heavy atom. The van der Waals surface area contributed by atoms with Crippen molar-refractivity contribution in [1.29, 1.82) is 0 Å². The molecule has 0 radical (unpaired) electrons. The summed E-state index contributed by atoms with van der Waals surface area (Å²) >= 11 is 0. The minimum Gasteiger partial charge on any atom is -0.494 e. The highest BCUT2D eigenvalue weighted by atomic mass is 16.5. The van der Waals surface area contributed by atoms with E-state index in [0.29, 0.717) is 12.5 Å². The highest BCUT2D eigenvalue weighted by Gasteiger charge is 2.09. The summed E-state index contributed by atoms with van der Waals surface area (Å²) in [4.78, 5) is 17.4. The predicted molar refractivity (Wildman–Crippen MR) is 105 cm³/mol. The van der Waals surface area contributed by atoms with E-state index in [1.165, 1.54) is 0 Å². The van der Waals surface area contributed by atoms with Crippen LogP contribution in [0.5, 0.6) is 5.75 Å². The maximum absolute atomic E-state index is 5.41. The lowest BCUT2D eigenvalue weighted by molar-refractivity contribution is 0.411. The summed E-state index contributed by atoms with van der Waals surface area (Å²) in [5.74, 6) is 1.27. The first-order chi connectivity index (χ1) is 13.7. The fourth-order valence-electron chi connectivity index (χ4n) is 2.69. The molecule has 0 atom stereocenters. The Bertz CT molecular complexity index is 1080. The normalized spacial score (nSPS) is 10.6. The number of aryl methyl sites for hydroxylation is 1. The minimum atomic E-state index is 0.497. The molecule has 0 saturated heterocycles. The van der Waals surface area contributed by atoms with Gasteiger partial charge in [0.15, 0.2) is 0 Å². The summed E-state index contributed by atoms with van der Waals surface area (Å²) in [6.07, 6.45) is 8.87. The van der Waals surface area contributed by atoms with Gasteiger partial charge in [0.25, 0.3) is 0 Å². The summed E-state index contributed by atoms with van der Waals surface area (Å²) in [6.45, 7) is 2.40. The fourth-order valence-corrected chi connectivity index (χ4v) is 2.69. The van der Waals surface area contributed by atoms with Gasteiger partial charge in [-0.1, -0.05) is 12.1 Å². The highest BCUT2D eigenvalue weighted by Crippen LogP contribution is 2.24. The van der Waals surface area contributed by atoms with E-state index in [-0.39, 0.29) is 0 Å². The van der Waals surface area contributed by atoms with Crippen LogP contribution in [0.25, 0.3) is 16.9 Å². The summed E-state index contributed by atoms with van der Waals surface area (Å²) in [5.41, 5.74) is 4.22. The van der Waals surface area contributed by atoms with Gasteiger partial charge in [-0.2, -0.15) is 5.10 Å². The van der Waals surface area contributed by atoms with Crippen LogP contribution in [0.15, 0.2) is 61.3 Å². The maximum Gasteiger partial charge on any atom is 0.223 e. The first-order valence-corrected chi connectivity index (χ1v) is 8.76. The molecule has 0 fully saturated rings. The molecule has 8 heteroatoms. The number of methoxy groups -OCH3 is 1. The third-order valence-electron chi connectivity index (χ3n) is 4.13. The summed E-state index contributed by atoms with van der Waals surface area (Å²) in [7, 11) is 1.64. The Hall–Kier alpha value is -3.81. The first-order valence-electron chi connectivity index (χ1n) is 8.76. The molecule has 0 saturated carbocycles. The summed E-state index contributed by atoms with van der Waals surface area (Å²) in [5, 5.41) is 7.62. The zero-order valence-corrected chi connectivity index (χ0v) is 15.6. The Morgan fingerprint density at radius 3 is 2.75 bits per heavy atom. The van der Waals surface area contributed by atoms with Gasteiger partial charge < -0.3 is 10.1 Å². The zero-order chi connectivity index (χ0) is 19.3. The lowest BCUT2D eigenvalue weighted by Gasteiger charge is -2.07. The SMILES string of the molecule is COc1ccccc1-n1cc(-c2ccnc(NCc3cnc(C)cn3)n2)cn1. The first kappa shape index (κ1) is 17.6. The molecule has 3 aromatic heterocycles. The van der Waals surface area contributed by atoms with Gasteiger partial charge in [0.2, 0.25) is 5.95 Å². The quantitative estimate of drug-likeness (QED) is 0.555. The lowest BCUT2D eigenvalue weighted by Crippen LogP contribution is -2.06. The van der Waals surface area contributed by atoms with Gasteiger partial charge >= 0.3 is 0 Å². The van der Waals surface area contributed by atoms with Crippen molar-refractivity contribution in [2.75, 3.05) is 12.4 Å². The Balaban J connectivity index is 1.53. The van der Waals surface area contributed by atoms with Crippen molar-refractivity contribution >= 4 is 5.95 Å². The topological polar surface area (TPSA) is 90.6 Å². The van der Waals surface area contributed by atoms with E-state index in [2.05, 4.69) is 30.4 Å². The van der Waals surface area contributed by atoms with Crippen molar-refractivity contribution in [2.45, 2.75) is 13.5 Å². The molecular weight excluding hydrogens is 354 g/mol. The maximum atomic E-state index is 5.41. The van der Waals surface area contributed by atoms with Crippen LogP contribution < -0.4 is 10.1 Å². The number of anilines is 1. The van der Waals surface area contributed by atoms with Crippen molar-refractivity contribution in [3.8, 4) is 22.7 Å². The number of hydrogen-bond acceptors (Lipinski definition) is 7. The molecular formula is C20H19N7O. The van der Waals surface area contributed by atoms with Crippen LogP contribution in [0.2, 0.25) is 0 Å². The van der Waals surface area contributed by atoms with Crippen LogP contribution in [0.3, 0.4) is 0 Å². The molecule has 0 aliphatic heterocycles. The number of nitrogens with one attached hydrogen (secondary N) is 1. The second-order valence-electron chi connectivity index (χ2n) is 6.11. The smallest absolute Gasteiger partial charge is 0.223 e. The second kappa shape index (κ2) is 7.83. The van der Waals surface area contributed by atoms with Crippen LogP contribution >= 0.6 is 0 Å². The molecule has 0 aliphatic rings. The van der Waals surface area contributed by atoms with Gasteiger partial charge in [-0.05, 0) is 25.1 Å². The van der Waals surface area contributed by atoms with E-state index >= 15 is 0 Å². The van der Waals surface area contributed by atoms with Crippen LogP contribution in [0.1, 0.15) is 11.4 Å². The van der Waals surface area contributed by atoms with Gasteiger partial charge in [-0.3, -0.25) is 9.97 Å².